The zero-order valence-electron chi connectivity index (χ0n) is 23.8. The molecule has 2 aliphatic rings. The van der Waals surface area contributed by atoms with Gasteiger partial charge in [0.25, 0.3) is 5.91 Å². The van der Waals surface area contributed by atoms with Crippen LogP contribution in [0.4, 0.5) is 10.5 Å². The highest BCUT2D eigenvalue weighted by Crippen LogP contribution is 2.31. The van der Waals surface area contributed by atoms with Crippen LogP contribution in [0.3, 0.4) is 0 Å². The second-order valence-corrected chi connectivity index (χ2v) is 11.2. The van der Waals surface area contributed by atoms with Gasteiger partial charge in [-0.1, -0.05) is 56.5 Å². The van der Waals surface area contributed by atoms with E-state index in [0.29, 0.717) is 30.1 Å². The van der Waals surface area contributed by atoms with Crippen molar-refractivity contribution in [2.75, 3.05) is 32.1 Å². The van der Waals surface area contributed by atoms with Gasteiger partial charge in [-0.15, -0.1) is 0 Å². The van der Waals surface area contributed by atoms with E-state index in [2.05, 4.69) is 10.6 Å². The van der Waals surface area contributed by atoms with Crippen LogP contribution in [-0.4, -0.2) is 77.7 Å². The van der Waals surface area contributed by atoms with E-state index in [4.69, 9.17) is 4.74 Å². The first-order chi connectivity index (χ1) is 19.2. The fourth-order valence-corrected chi connectivity index (χ4v) is 5.39. The summed E-state index contributed by atoms with van der Waals surface area (Å²) in [6.45, 7) is 4.30. The molecule has 40 heavy (non-hydrogen) atoms. The number of carbonyl (C=O) groups excluding carboxylic acids is 3. The van der Waals surface area contributed by atoms with Crippen molar-refractivity contribution in [2.24, 2.45) is 5.92 Å². The number of hydrogen-bond acceptors (Lipinski definition) is 5. The molecule has 2 aromatic rings. The summed E-state index contributed by atoms with van der Waals surface area (Å²) < 4.78 is 6.40. The van der Waals surface area contributed by atoms with Crippen molar-refractivity contribution < 1.29 is 24.2 Å². The van der Waals surface area contributed by atoms with Gasteiger partial charge in [0.15, 0.2) is 0 Å². The lowest BCUT2D eigenvalue weighted by atomic mass is 9.96. The number of urea groups is 1. The molecule has 4 amide bonds. The van der Waals surface area contributed by atoms with Crippen molar-refractivity contribution in [1.82, 2.24) is 15.1 Å². The van der Waals surface area contributed by atoms with Crippen molar-refractivity contribution in [3.8, 4) is 5.75 Å². The minimum absolute atomic E-state index is 0.110. The molecule has 4 rings (SSSR count). The van der Waals surface area contributed by atoms with Crippen molar-refractivity contribution in [1.29, 1.82) is 0 Å². The van der Waals surface area contributed by atoms with E-state index >= 15 is 0 Å². The van der Waals surface area contributed by atoms with E-state index in [0.717, 1.165) is 31.2 Å². The third kappa shape index (κ3) is 7.53. The number of ether oxygens (including phenoxy) is 1. The van der Waals surface area contributed by atoms with Gasteiger partial charge in [0.1, 0.15) is 11.9 Å². The largest absolute Gasteiger partial charge is 0.487 e. The number of anilines is 1. The van der Waals surface area contributed by atoms with E-state index in [1.165, 1.54) is 6.42 Å². The lowest BCUT2D eigenvalue weighted by Gasteiger charge is -2.38. The Balaban J connectivity index is 1.53. The van der Waals surface area contributed by atoms with Crippen LogP contribution >= 0.6 is 0 Å². The summed E-state index contributed by atoms with van der Waals surface area (Å²) in [6.07, 6.45) is 5.32. The molecule has 9 nitrogen and oxygen atoms in total. The first-order valence-corrected chi connectivity index (χ1v) is 14.3. The highest BCUT2D eigenvalue weighted by atomic mass is 16.5. The van der Waals surface area contributed by atoms with Crippen LogP contribution in [0.15, 0.2) is 48.5 Å². The highest BCUT2D eigenvalue weighted by Gasteiger charge is 2.34. The third-order valence-corrected chi connectivity index (χ3v) is 7.89. The fourth-order valence-electron chi connectivity index (χ4n) is 5.39. The molecule has 3 atom stereocenters. The van der Waals surface area contributed by atoms with E-state index in [1.54, 1.807) is 42.0 Å². The topological polar surface area (TPSA) is 111 Å². The molecule has 0 aromatic heterocycles. The van der Waals surface area contributed by atoms with Crippen LogP contribution in [0.5, 0.6) is 5.75 Å². The third-order valence-electron chi connectivity index (χ3n) is 7.89. The standard InChI is InChI=1S/C31H42N4O5/c1-21-18-35(22(2)20-36)30(38)26-17-25(32-29(37)16-23-10-6-4-7-11-23)14-15-27(26)40-28(21)19-34(3)31(39)33-24-12-8-5-9-13-24/h4,6-7,10-11,14-15,17,21-22,24,28,36H,5,8-9,12-13,16,18-20H2,1-3H3,(H,32,37)(H,33,39)/t21-,22-,28+/m0/s1. The van der Waals surface area contributed by atoms with Gasteiger partial charge in [0.2, 0.25) is 5.91 Å². The number of aliphatic hydroxyl groups excluding tert-OH is 1. The first-order valence-electron chi connectivity index (χ1n) is 14.3. The molecule has 1 saturated carbocycles. The predicted octanol–water partition coefficient (Wildman–Crippen LogP) is 4.06. The van der Waals surface area contributed by atoms with Gasteiger partial charge in [-0.3, -0.25) is 9.59 Å². The highest BCUT2D eigenvalue weighted by molar-refractivity contribution is 6.00. The smallest absolute Gasteiger partial charge is 0.317 e. The van der Waals surface area contributed by atoms with E-state index in [9.17, 15) is 19.5 Å². The molecule has 1 aliphatic heterocycles. The fraction of sp³-hybridized carbons (Fsp3) is 0.516. The zero-order valence-corrected chi connectivity index (χ0v) is 23.8. The average Bonchev–Trinajstić information content (AvgIpc) is 2.95. The summed E-state index contributed by atoms with van der Waals surface area (Å²) in [4.78, 5) is 42.6. The molecular weight excluding hydrogens is 508 g/mol. The van der Waals surface area contributed by atoms with Gasteiger partial charge in [0.05, 0.1) is 31.2 Å². The van der Waals surface area contributed by atoms with Gasteiger partial charge in [0, 0.05) is 31.2 Å². The van der Waals surface area contributed by atoms with Crippen LogP contribution in [0.1, 0.15) is 61.9 Å². The number of likely N-dealkylation sites (N-methyl/N-ethyl adjacent to an activating group) is 1. The summed E-state index contributed by atoms with van der Waals surface area (Å²) in [6, 6.07) is 14.2. The maximum absolute atomic E-state index is 13.7. The van der Waals surface area contributed by atoms with Crippen molar-refractivity contribution in [3.63, 3.8) is 0 Å². The molecule has 1 heterocycles. The Hall–Kier alpha value is -3.59. The zero-order chi connectivity index (χ0) is 28.6. The van der Waals surface area contributed by atoms with Crippen LogP contribution in [0, 0.1) is 5.92 Å². The maximum Gasteiger partial charge on any atom is 0.317 e. The molecule has 0 spiro atoms. The summed E-state index contributed by atoms with van der Waals surface area (Å²) in [5, 5.41) is 15.9. The molecule has 0 saturated heterocycles. The number of nitrogens with zero attached hydrogens (tertiary/aromatic N) is 2. The lowest BCUT2D eigenvalue weighted by Crippen LogP contribution is -2.52. The number of aliphatic hydroxyl groups is 1. The van der Waals surface area contributed by atoms with Crippen LogP contribution < -0.4 is 15.4 Å². The molecule has 1 fully saturated rings. The second kappa shape index (κ2) is 13.7. The number of rotatable bonds is 8. The van der Waals surface area contributed by atoms with Crippen molar-refractivity contribution in [2.45, 2.75) is 70.6 Å². The summed E-state index contributed by atoms with van der Waals surface area (Å²) in [5.41, 5.74) is 1.69. The molecule has 1 aliphatic carbocycles. The normalized spacial score (nSPS) is 20.4. The van der Waals surface area contributed by atoms with Crippen LogP contribution in [-0.2, 0) is 11.2 Å². The molecule has 0 radical (unpaired) electrons. The van der Waals surface area contributed by atoms with Gasteiger partial charge in [-0.05, 0) is 43.5 Å². The molecule has 2 aromatic carbocycles. The van der Waals surface area contributed by atoms with Crippen molar-refractivity contribution >= 4 is 23.5 Å². The van der Waals surface area contributed by atoms with Gasteiger partial charge in [-0.25, -0.2) is 4.79 Å². The minimum atomic E-state index is -0.412. The molecule has 0 bridgehead atoms. The van der Waals surface area contributed by atoms with Gasteiger partial charge >= 0.3 is 6.03 Å². The summed E-state index contributed by atoms with van der Waals surface area (Å²) in [7, 11) is 1.76. The lowest BCUT2D eigenvalue weighted by molar-refractivity contribution is -0.115. The number of benzene rings is 2. The number of carbonyl (C=O) groups is 3. The Bertz CT molecular complexity index is 1170. The van der Waals surface area contributed by atoms with E-state index in [1.807, 2.05) is 37.3 Å². The Labute approximate surface area is 236 Å². The number of amides is 4. The number of hydrogen-bond donors (Lipinski definition) is 3. The SMILES string of the molecule is C[C@H]1CN([C@@H](C)CO)C(=O)c2cc(NC(=O)Cc3ccccc3)ccc2O[C@@H]1CN(C)C(=O)NC1CCCCC1. The number of nitrogens with one attached hydrogen (secondary N) is 2. The second-order valence-electron chi connectivity index (χ2n) is 11.2. The van der Waals surface area contributed by atoms with Crippen LogP contribution in [0.25, 0.3) is 0 Å². The first kappa shape index (κ1) is 29.4. The molecule has 9 heteroatoms. The molecule has 3 N–H and O–H groups in total. The quantitative estimate of drug-likeness (QED) is 0.459. The van der Waals surface area contributed by atoms with Gasteiger partial charge in [-0.2, -0.15) is 0 Å². The maximum atomic E-state index is 13.7. The molecular formula is C31H42N4O5. The van der Waals surface area contributed by atoms with Gasteiger partial charge < -0.3 is 30.3 Å². The average molecular weight is 551 g/mol. The van der Waals surface area contributed by atoms with E-state index in [-0.39, 0.29) is 48.9 Å². The Morgan fingerprint density at radius 1 is 1.12 bits per heavy atom. The summed E-state index contributed by atoms with van der Waals surface area (Å²) in [5.74, 6) is -0.187. The number of fused-ring (bicyclic) bond motifs is 1. The monoisotopic (exact) mass is 550 g/mol. The minimum Gasteiger partial charge on any atom is -0.487 e. The van der Waals surface area contributed by atoms with E-state index < -0.39 is 6.04 Å². The molecule has 0 unspecified atom stereocenters. The predicted molar refractivity (Wildman–Crippen MR) is 154 cm³/mol. The van der Waals surface area contributed by atoms with Crippen LogP contribution in [0.2, 0.25) is 0 Å². The Morgan fingerprint density at radius 2 is 1.85 bits per heavy atom. The van der Waals surface area contributed by atoms with Crippen molar-refractivity contribution in [3.05, 3.63) is 59.7 Å². The Morgan fingerprint density at radius 3 is 2.55 bits per heavy atom. The molecule has 216 valence electrons. The summed E-state index contributed by atoms with van der Waals surface area (Å²) >= 11 is 0. The Kier molecular flexibility index (Phi) is 10.0.